The Morgan fingerprint density at radius 3 is 2.30 bits per heavy atom. The van der Waals surface area contributed by atoms with Gasteiger partial charge < -0.3 is 25.2 Å². The molecular formula is C24H44IN5O3. The number of hydrogen-bond donors (Lipinski definition) is 2. The third kappa shape index (κ3) is 10.3. The van der Waals surface area contributed by atoms with E-state index in [1.54, 1.807) is 0 Å². The second-order valence-electron chi connectivity index (χ2n) is 10.5. The Hall–Kier alpha value is -1.26. The molecule has 1 saturated heterocycles. The highest BCUT2D eigenvalue weighted by Gasteiger charge is 2.35. The molecule has 9 heteroatoms. The van der Waals surface area contributed by atoms with Crippen molar-refractivity contribution in [2.75, 3.05) is 32.7 Å². The van der Waals surface area contributed by atoms with Crippen molar-refractivity contribution in [2.24, 2.45) is 10.9 Å². The molecule has 0 aromatic carbocycles. The fraction of sp³-hybridized carbons (Fsp3) is 0.875. The summed E-state index contributed by atoms with van der Waals surface area (Å²) in [6.45, 7) is 11.9. The van der Waals surface area contributed by atoms with Gasteiger partial charge in [0.2, 0.25) is 5.91 Å². The lowest BCUT2D eigenvalue weighted by Gasteiger charge is -2.40. The van der Waals surface area contributed by atoms with Crippen LogP contribution in [0.4, 0.5) is 4.79 Å². The average Bonchev–Trinajstić information content (AvgIpc) is 3.64. The number of amides is 2. The molecule has 0 aromatic rings. The van der Waals surface area contributed by atoms with E-state index < -0.39 is 5.60 Å². The van der Waals surface area contributed by atoms with Crippen LogP contribution in [-0.2, 0) is 9.53 Å². The molecule has 0 radical (unpaired) electrons. The van der Waals surface area contributed by atoms with Gasteiger partial charge in [-0.1, -0.05) is 0 Å². The monoisotopic (exact) mass is 577 g/mol. The number of carbonyl (C=O) groups is 2. The number of rotatable bonds is 9. The zero-order chi connectivity index (χ0) is 23.1. The van der Waals surface area contributed by atoms with E-state index in [0.717, 1.165) is 64.2 Å². The highest BCUT2D eigenvalue weighted by Crippen LogP contribution is 2.32. The van der Waals surface area contributed by atoms with Crippen molar-refractivity contribution in [3.05, 3.63) is 0 Å². The first kappa shape index (κ1) is 28.0. The molecule has 2 saturated carbocycles. The summed E-state index contributed by atoms with van der Waals surface area (Å²) >= 11 is 0. The Balaban J connectivity index is 0.00000385. The molecule has 0 aromatic heterocycles. The van der Waals surface area contributed by atoms with Crippen molar-refractivity contribution in [1.82, 2.24) is 20.4 Å². The van der Waals surface area contributed by atoms with Crippen molar-refractivity contribution in [3.8, 4) is 0 Å². The van der Waals surface area contributed by atoms with E-state index in [-0.39, 0.29) is 42.0 Å². The van der Waals surface area contributed by atoms with Crippen molar-refractivity contribution >= 4 is 41.9 Å². The number of carbonyl (C=O) groups excluding carboxylic acids is 2. The molecule has 0 unspecified atom stereocenters. The van der Waals surface area contributed by atoms with Crippen LogP contribution in [0.5, 0.6) is 0 Å². The van der Waals surface area contributed by atoms with Crippen molar-refractivity contribution in [2.45, 2.75) is 96.7 Å². The highest BCUT2D eigenvalue weighted by molar-refractivity contribution is 14.0. The summed E-state index contributed by atoms with van der Waals surface area (Å²) in [6, 6.07) is 0.639. The average molecular weight is 578 g/mol. The Labute approximate surface area is 216 Å². The van der Waals surface area contributed by atoms with Gasteiger partial charge in [-0.25, -0.2) is 4.79 Å². The van der Waals surface area contributed by atoms with E-state index in [2.05, 4.69) is 22.5 Å². The Morgan fingerprint density at radius 2 is 1.76 bits per heavy atom. The molecule has 33 heavy (non-hydrogen) atoms. The molecule has 3 aliphatic rings. The van der Waals surface area contributed by atoms with E-state index in [1.165, 1.54) is 12.8 Å². The van der Waals surface area contributed by atoms with Gasteiger partial charge in [0, 0.05) is 51.2 Å². The van der Waals surface area contributed by atoms with E-state index in [0.29, 0.717) is 24.9 Å². The maximum absolute atomic E-state index is 12.9. The summed E-state index contributed by atoms with van der Waals surface area (Å²) in [5.41, 5.74) is -0.472. The first-order valence-corrected chi connectivity index (χ1v) is 12.6. The summed E-state index contributed by atoms with van der Waals surface area (Å²) in [6.07, 6.45) is 7.63. The molecule has 1 aliphatic heterocycles. The van der Waals surface area contributed by atoms with Gasteiger partial charge in [-0.3, -0.25) is 9.79 Å². The van der Waals surface area contributed by atoms with Gasteiger partial charge in [0.25, 0.3) is 0 Å². The van der Waals surface area contributed by atoms with Gasteiger partial charge in [-0.05, 0) is 78.6 Å². The molecular weight excluding hydrogens is 533 g/mol. The zero-order valence-corrected chi connectivity index (χ0v) is 23.2. The molecule has 2 N–H and O–H groups in total. The van der Waals surface area contributed by atoms with Crippen LogP contribution in [0.2, 0.25) is 0 Å². The van der Waals surface area contributed by atoms with Gasteiger partial charge in [0.05, 0.1) is 0 Å². The van der Waals surface area contributed by atoms with Gasteiger partial charge >= 0.3 is 6.09 Å². The molecule has 8 nitrogen and oxygen atoms in total. The lowest BCUT2D eigenvalue weighted by atomic mass is 10.0. The summed E-state index contributed by atoms with van der Waals surface area (Å²) in [4.78, 5) is 33.8. The maximum Gasteiger partial charge on any atom is 0.410 e. The van der Waals surface area contributed by atoms with Crippen molar-refractivity contribution < 1.29 is 14.3 Å². The number of nitrogens with zero attached hydrogens (tertiary/aromatic N) is 3. The van der Waals surface area contributed by atoms with Crippen LogP contribution in [0.25, 0.3) is 0 Å². The molecule has 190 valence electrons. The van der Waals surface area contributed by atoms with Crippen molar-refractivity contribution in [3.63, 3.8) is 0 Å². The van der Waals surface area contributed by atoms with E-state index >= 15 is 0 Å². The lowest BCUT2D eigenvalue weighted by molar-refractivity contribution is -0.121. The van der Waals surface area contributed by atoms with Gasteiger partial charge in [0.15, 0.2) is 5.96 Å². The predicted octanol–water partition coefficient (Wildman–Crippen LogP) is 3.74. The lowest BCUT2D eigenvalue weighted by Crippen LogP contribution is -2.52. The van der Waals surface area contributed by atoms with Crippen LogP contribution in [0.3, 0.4) is 0 Å². The predicted molar refractivity (Wildman–Crippen MR) is 142 cm³/mol. The molecule has 1 heterocycles. The fourth-order valence-electron chi connectivity index (χ4n) is 4.04. The number of likely N-dealkylation sites (tertiary alicyclic amines) is 1. The third-order valence-corrected chi connectivity index (χ3v) is 6.09. The van der Waals surface area contributed by atoms with E-state index in [1.807, 2.05) is 25.7 Å². The SMILES string of the molecule is CCNC(=NCCCC(=O)NC1CC1)N1CCC(N(CC2CC2)C(=O)OC(C)(C)C)CC1.I. The molecule has 2 amide bonds. The largest absolute Gasteiger partial charge is 0.444 e. The second-order valence-corrected chi connectivity index (χ2v) is 10.5. The molecule has 3 rings (SSSR count). The first-order chi connectivity index (χ1) is 15.2. The minimum atomic E-state index is -0.472. The Morgan fingerprint density at radius 1 is 1.09 bits per heavy atom. The van der Waals surface area contributed by atoms with Crippen molar-refractivity contribution in [1.29, 1.82) is 0 Å². The van der Waals surface area contributed by atoms with Gasteiger partial charge in [-0.15, -0.1) is 24.0 Å². The minimum Gasteiger partial charge on any atom is -0.444 e. The number of guanidine groups is 1. The number of nitrogens with one attached hydrogen (secondary N) is 2. The van der Waals surface area contributed by atoms with E-state index in [4.69, 9.17) is 9.73 Å². The van der Waals surface area contributed by atoms with Crippen LogP contribution < -0.4 is 10.6 Å². The van der Waals surface area contributed by atoms with E-state index in [9.17, 15) is 9.59 Å². The zero-order valence-electron chi connectivity index (χ0n) is 20.9. The minimum absolute atomic E-state index is 0. The first-order valence-electron chi connectivity index (χ1n) is 12.6. The topological polar surface area (TPSA) is 86.3 Å². The van der Waals surface area contributed by atoms with Gasteiger partial charge in [0.1, 0.15) is 5.60 Å². The summed E-state index contributed by atoms with van der Waals surface area (Å²) in [5, 5.41) is 6.42. The molecule has 2 aliphatic carbocycles. The van der Waals surface area contributed by atoms with Gasteiger partial charge in [-0.2, -0.15) is 0 Å². The quantitative estimate of drug-likeness (QED) is 0.189. The smallest absolute Gasteiger partial charge is 0.410 e. The number of aliphatic imine (C=N–C) groups is 1. The number of ether oxygens (including phenoxy) is 1. The maximum atomic E-state index is 12.9. The summed E-state index contributed by atoms with van der Waals surface area (Å²) < 4.78 is 5.71. The van der Waals surface area contributed by atoms with Crippen LogP contribution >= 0.6 is 24.0 Å². The molecule has 0 atom stereocenters. The van der Waals surface area contributed by atoms with Crippen LogP contribution in [-0.4, -0.2) is 78.2 Å². The summed E-state index contributed by atoms with van der Waals surface area (Å²) in [5.74, 6) is 1.70. The molecule has 0 spiro atoms. The third-order valence-electron chi connectivity index (χ3n) is 6.09. The standard InChI is InChI=1S/C24H43N5O3.HI/c1-5-25-22(26-14-6-7-21(30)27-19-10-11-19)28-15-12-20(13-16-28)29(17-18-8-9-18)23(31)32-24(2,3)4;/h18-20H,5-17H2,1-4H3,(H,25,26)(H,27,30);1H. The normalized spacial score (nSPS) is 19.5. The molecule has 3 fully saturated rings. The molecule has 0 bridgehead atoms. The van der Waals surface area contributed by atoms with Crippen LogP contribution in [0.15, 0.2) is 4.99 Å². The van der Waals surface area contributed by atoms with Crippen LogP contribution in [0.1, 0.15) is 79.1 Å². The number of piperidine rings is 1. The number of hydrogen-bond acceptors (Lipinski definition) is 4. The second kappa shape index (κ2) is 13.0. The van der Waals surface area contributed by atoms with Crippen LogP contribution in [0, 0.1) is 5.92 Å². The summed E-state index contributed by atoms with van der Waals surface area (Å²) in [7, 11) is 0. The highest BCUT2D eigenvalue weighted by atomic mass is 127. The Bertz CT molecular complexity index is 666. The fourth-order valence-corrected chi connectivity index (χ4v) is 4.04. The number of halogens is 1. The Kier molecular flexibility index (Phi) is 11.0.